The number of hydrogen-bond donors (Lipinski definition) is 3. The minimum absolute atomic E-state index is 0.157. The smallest absolute Gasteiger partial charge is 0.413 e. The molecule has 3 amide bonds. The summed E-state index contributed by atoms with van der Waals surface area (Å²) < 4.78 is 6.32. The van der Waals surface area contributed by atoms with Gasteiger partial charge in [-0.2, -0.15) is 5.10 Å². The number of carbonyl (C=O) groups excluding carboxylic acids is 3. The topological polar surface area (TPSA) is 129 Å². The van der Waals surface area contributed by atoms with Crippen molar-refractivity contribution in [3.8, 4) is 0 Å². The number of likely N-dealkylation sites (tertiary alicyclic amines) is 1. The van der Waals surface area contributed by atoms with Gasteiger partial charge in [-0.15, -0.1) is 11.3 Å². The molecule has 4 heterocycles. The Hall–Kier alpha value is -3.47. The second-order valence-electron chi connectivity index (χ2n) is 10.1. The SMILES string of the molecule is CCc1cc(NC(=O)C(=O)N2CC(C)CCC2c2cc3[nH]ncc3s2)cnc1NC(=O)OC(C)(C)C. The summed E-state index contributed by atoms with van der Waals surface area (Å²) in [6.45, 7) is 9.84. The Morgan fingerprint density at radius 1 is 1.19 bits per heavy atom. The summed E-state index contributed by atoms with van der Waals surface area (Å²) in [4.78, 5) is 45.4. The quantitative estimate of drug-likeness (QED) is 0.428. The van der Waals surface area contributed by atoms with E-state index in [4.69, 9.17) is 4.74 Å². The van der Waals surface area contributed by atoms with Crippen LogP contribution in [0.4, 0.5) is 16.3 Å². The third-order valence-electron chi connectivity index (χ3n) is 5.97. The van der Waals surface area contributed by atoms with Crippen molar-refractivity contribution in [2.45, 2.75) is 65.5 Å². The number of pyridine rings is 1. The second-order valence-corrected chi connectivity index (χ2v) is 11.2. The van der Waals surface area contributed by atoms with E-state index < -0.39 is 23.5 Å². The molecule has 3 N–H and O–H groups in total. The number of thiophene rings is 1. The van der Waals surface area contributed by atoms with Crippen LogP contribution in [0.2, 0.25) is 0 Å². The Morgan fingerprint density at radius 3 is 2.67 bits per heavy atom. The first kappa shape index (κ1) is 25.6. The normalized spacial score (nSPS) is 18.2. The van der Waals surface area contributed by atoms with Gasteiger partial charge in [0.2, 0.25) is 0 Å². The Kier molecular flexibility index (Phi) is 7.30. The fourth-order valence-electron chi connectivity index (χ4n) is 4.28. The van der Waals surface area contributed by atoms with Gasteiger partial charge in [-0.25, -0.2) is 9.78 Å². The summed E-state index contributed by atoms with van der Waals surface area (Å²) in [5, 5.41) is 12.3. The molecule has 192 valence electrons. The zero-order valence-electron chi connectivity index (χ0n) is 21.2. The standard InChI is InChI=1S/C25H32N6O4S/c1-6-15-9-16(11-26-21(15)29-24(34)35-25(3,4)5)28-22(32)23(33)31-13-14(2)7-8-18(31)19-10-17-20(36-19)12-27-30-17/h9-12,14,18H,6-8,13H2,1-5H3,(H,27,30)(H,28,32)(H,26,29,34). The first-order valence-electron chi connectivity index (χ1n) is 12.1. The van der Waals surface area contributed by atoms with Gasteiger partial charge in [0.1, 0.15) is 11.4 Å². The molecule has 0 spiro atoms. The van der Waals surface area contributed by atoms with Crippen LogP contribution in [-0.4, -0.2) is 50.1 Å². The number of nitrogens with zero attached hydrogens (tertiary/aromatic N) is 3. The molecule has 1 fully saturated rings. The number of rotatable bonds is 4. The number of aromatic nitrogens is 3. The van der Waals surface area contributed by atoms with Crippen molar-refractivity contribution in [1.82, 2.24) is 20.1 Å². The molecule has 1 aliphatic heterocycles. The maximum absolute atomic E-state index is 13.3. The molecule has 1 saturated heterocycles. The van der Waals surface area contributed by atoms with Gasteiger partial charge in [-0.05, 0) is 63.6 Å². The lowest BCUT2D eigenvalue weighted by atomic mass is 9.93. The monoisotopic (exact) mass is 512 g/mol. The van der Waals surface area contributed by atoms with Crippen molar-refractivity contribution in [2.24, 2.45) is 5.92 Å². The maximum Gasteiger partial charge on any atom is 0.413 e. The minimum atomic E-state index is -0.713. The van der Waals surface area contributed by atoms with E-state index in [9.17, 15) is 14.4 Å². The Balaban J connectivity index is 1.47. The van der Waals surface area contributed by atoms with E-state index >= 15 is 0 Å². The lowest BCUT2D eigenvalue weighted by Crippen LogP contribution is -2.46. The van der Waals surface area contributed by atoms with Crippen molar-refractivity contribution >= 4 is 51.0 Å². The summed E-state index contributed by atoms with van der Waals surface area (Å²) >= 11 is 1.59. The molecular weight excluding hydrogens is 480 g/mol. The number of aryl methyl sites for hydroxylation is 1. The molecule has 11 heteroatoms. The number of carbonyl (C=O) groups is 3. The van der Waals surface area contributed by atoms with Gasteiger partial charge in [0.15, 0.2) is 0 Å². The number of piperidine rings is 1. The van der Waals surface area contributed by atoms with Crippen LogP contribution in [0, 0.1) is 5.92 Å². The average Bonchev–Trinajstić information content (AvgIpc) is 3.40. The van der Waals surface area contributed by atoms with Gasteiger partial charge in [0, 0.05) is 11.4 Å². The number of nitrogens with one attached hydrogen (secondary N) is 3. The highest BCUT2D eigenvalue weighted by molar-refractivity contribution is 7.19. The van der Waals surface area contributed by atoms with E-state index in [-0.39, 0.29) is 6.04 Å². The number of H-pyrrole nitrogens is 1. The number of aromatic amines is 1. The van der Waals surface area contributed by atoms with Crippen LogP contribution in [0.15, 0.2) is 24.5 Å². The van der Waals surface area contributed by atoms with E-state index in [0.29, 0.717) is 36.0 Å². The number of hydrogen-bond acceptors (Lipinski definition) is 7. The number of ether oxygens (including phenoxy) is 1. The molecule has 2 unspecified atom stereocenters. The molecule has 1 aliphatic rings. The highest BCUT2D eigenvalue weighted by Crippen LogP contribution is 2.38. The van der Waals surface area contributed by atoms with E-state index in [0.717, 1.165) is 27.9 Å². The molecule has 3 aromatic heterocycles. The van der Waals surface area contributed by atoms with Crippen LogP contribution in [-0.2, 0) is 20.7 Å². The maximum atomic E-state index is 13.3. The Labute approximate surface area is 213 Å². The first-order chi connectivity index (χ1) is 17.0. The largest absolute Gasteiger partial charge is 0.444 e. The highest BCUT2D eigenvalue weighted by Gasteiger charge is 2.35. The van der Waals surface area contributed by atoms with Crippen LogP contribution < -0.4 is 10.6 Å². The molecule has 0 aromatic carbocycles. The minimum Gasteiger partial charge on any atom is -0.444 e. The van der Waals surface area contributed by atoms with Crippen molar-refractivity contribution in [1.29, 1.82) is 0 Å². The van der Waals surface area contributed by atoms with Crippen molar-refractivity contribution in [3.05, 3.63) is 35.0 Å². The predicted molar refractivity (Wildman–Crippen MR) is 139 cm³/mol. The lowest BCUT2D eigenvalue weighted by Gasteiger charge is -2.37. The van der Waals surface area contributed by atoms with Gasteiger partial charge in [-0.3, -0.25) is 20.0 Å². The van der Waals surface area contributed by atoms with E-state index in [1.807, 2.05) is 13.0 Å². The molecule has 0 bridgehead atoms. The zero-order chi connectivity index (χ0) is 26.0. The molecular formula is C25H32N6O4S. The summed E-state index contributed by atoms with van der Waals surface area (Å²) in [5.41, 5.74) is 1.39. The van der Waals surface area contributed by atoms with E-state index in [1.54, 1.807) is 49.3 Å². The second kappa shape index (κ2) is 10.3. The highest BCUT2D eigenvalue weighted by atomic mass is 32.1. The van der Waals surface area contributed by atoms with Crippen LogP contribution >= 0.6 is 11.3 Å². The van der Waals surface area contributed by atoms with Crippen molar-refractivity contribution < 1.29 is 19.1 Å². The molecule has 10 nitrogen and oxygen atoms in total. The molecule has 3 aromatic rings. The van der Waals surface area contributed by atoms with Crippen molar-refractivity contribution in [2.75, 3.05) is 17.2 Å². The Bertz CT molecular complexity index is 1250. The van der Waals surface area contributed by atoms with Gasteiger partial charge in [0.05, 0.1) is 34.3 Å². The van der Waals surface area contributed by atoms with E-state index in [1.165, 1.54) is 6.20 Å². The van der Waals surface area contributed by atoms with Crippen LogP contribution in [0.25, 0.3) is 10.2 Å². The number of anilines is 2. The lowest BCUT2D eigenvalue weighted by molar-refractivity contribution is -0.146. The molecule has 4 rings (SSSR count). The fraction of sp³-hybridized carbons (Fsp3) is 0.480. The first-order valence-corrected chi connectivity index (χ1v) is 12.9. The van der Waals surface area contributed by atoms with Crippen LogP contribution in [0.5, 0.6) is 0 Å². The zero-order valence-corrected chi connectivity index (χ0v) is 22.0. The summed E-state index contributed by atoms with van der Waals surface area (Å²) in [7, 11) is 0. The third kappa shape index (κ3) is 5.84. The van der Waals surface area contributed by atoms with Crippen molar-refractivity contribution in [3.63, 3.8) is 0 Å². The van der Waals surface area contributed by atoms with Gasteiger partial charge < -0.3 is 15.0 Å². The summed E-state index contributed by atoms with van der Waals surface area (Å²) in [6.07, 6.45) is 4.92. The number of amides is 3. The molecule has 36 heavy (non-hydrogen) atoms. The number of fused-ring (bicyclic) bond motifs is 1. The average molecular weight is 513 g/mol. The van der Waals surface area contributed by atoms with E-state index in [2.05, 4.69) is 32.7 Å². The van der Waals surface area contributed by atoms with Crippen LogP contribution in [0.1, 0.15) is 63.9 Å². The van der Waals surface area contributed by atoms with Gasteiger partial charge in [-0.1, -0.05) is 13.8 Å². The molecule has 0 saturated carbocycles. The molecule has 2 atom stereocenters. The third-order valence-corrected chi connectivity index (χ3v) is 7.14. The Morgan fingerprint density at radius 2 is 1.97 bits per heavy atom. The molecule has 0 aliphatic carbocycles. The van der Waals surface area contributed by atoms with Gasteiger partial charge in [0.25, 0.3) is 0 Å². The van der Waals surface area contributed by atoms with Gasteiger partial charge >= 0.3 is 17.9 Å². The van der Waals surface area contributed by atoms with Crippen LogP contribution in [0.3, 0.4) is 0 Å². The fourth-order valence-corrected chi connectivity index (χ4v) is 5.41. The summed E-state index contributed by atoms with van der Waals surface area (Å²) in [6, 6.07) is 3.56. The summed E-state index contributed by atoms with van der Waals surface area (Å²) in [5.74, 6) is -0.634. The molecule has 0 radical (unpaired) electrons. The predicted octanol–water partition coefficient (Wildman–Crippen LogP) is 4.87.